The van der Waals surface area contributed by atoms with Crippen molar-refractivity contribution in [2.75, 3.05) is 11.5 Å². The number of hydrogen-bond acceptors (Lipinski definition) is 4. The van der Waals surface area contributed by atoms with Gasteiger partial charge >= 0.3 is 0 Å². The van der Waals surface area contributed by atoms with E-state index in [0.717, 1.165) is 0 Å². The van der Waals surface area contributed by atoms with Crippen molar-refractivity contribution in [3.8, 4) is 0 Å². The summed E-state index contributed by atoms with van der Waals surface area (Å²) < 4.78 is 0. The van der Waals surface area contributed by atoms with Crippen LogP contribution in [0.3, 0.4) is 0 Å². The van der Waals surface area contributed by atoms with Gasteiger partial charge in [-0.2, -0.15) is 0 Å². The van der Waals surface area contributed by atoms with Crippen LogP contribution in [0.1, 0.15) is 31.8 Å². The maximum atomic E-state index is 12.7. The van der Waals surface area contributed by atoms with Crippen molar-refractivity contribution in [3.63, 3.8) is 0 Å². The number of carbonyl (C=O) groups excluding carboxylic acids is 2. The standard InChI is InChI=1S/C14H7Cl3N2O2/c15-4-1-2-5(16)9-8(4)13(20)10-7(18)3-6(17)12(19)11(10)14(9)21/h1-3H,18-19H2. The molecule has 4 nitrogen and oxygen atoms in total. The summed E-state index contributed by atoms with van der Waals surface area (Å²) >= 11 is 18.0. The highest BCUT2D eigenvalue weighted by molar-refractivity contribution is 6.45. The monoisotopic (exact) mass is 340 g/mol. The van der Waals surface area contributed by atoms with E-state index in [9.17, 15) is 9.59 Å². The molecule has 0 saturated heterocycles. The molecule has 7 heteroatoms. The fraction of sp³-hybridized carbons (Fsp3) is 0. The smallest absolute Gasteiger partial charge is 0.198 e. The lowest BCUT2D eigenvalue weighted by atomic mass is 9.82. The average molecular weight is 342 g/mol. The average Bonchev–Trinajstić information content (AvgIpc) is 2.42. The van der Waals surface area contributed by atoms with Crippen LogP contribution in [0.15, 0.2) is 18.2 Å². The Kier molecular flexibility index (Phi) is 3.13. The third-order valence-electron chi connectivity index (χ3n) is 3.36. The fourth-order valence-corrected chi connectivity index (χ4v) is 3.11. The first-order valence-corrected chi connectivity index (χ1v) is 6.92. The Morgan fingerprint density at radius 1 is 0.714 bits per heavy atom. The van der Waals surface area contributed by atoms with Gasteiger partial charge in [0, 0.05) is 5.69 Å². The fourth-order valence-electron chi connectivity index (χ4n) is 2.41. The minimum atomic E-state index is -0.515. The van der Waals surface area contributed by atoms with Gasteiger partial charge in [0.05, 0.1) is 43.0 Å². The van der Waals surface area contributed by atoms with E-state index in [2.05, 4.69) is 0 Å². The second kappa shape index (κ2) is 4.63. The Morgan fingerprint density at radius 2 is 1.19 bits per heavy atom. The van der Waals surface area contributed by atoms with Crippen LogP contribution in [0.25, 0.3) is 0 Å². The Bertz CT molecular complexity index is 847. The molecular formula is C14H7Cl3N2O2. The maximum Gasteiger partial charge on any atom is 0.198 e. The summed E-state index contributed by atoms with van der Waals surface area (Å²) in [6.07, 6.45) is 0. The number of ketones is 2. The topological polar surface area (TPSA) is 86.2 Å². The molecule has 2 aromatic carbocycles. The number of benzene rings is 2. The van der Waals surface area contributed by atoms with Crippen molar-refractivity contribution in [2.24, 2.45) is 0 Å². The zero-order valence-corrected chi connectivity index (χ0v) is 12.6. The lowest BCUT2D eigenvalue weighted by molar-refractivity contribution is 0.0980. The molecule has 0 saturated carbocycles. The summed E-state index contributed by atoms with van der Waals surface area (Å²) in [4.78, 5) is 25.3. The number of nitrogen functional groups attached to an aromatic ring is 2. The normalized spacial score (nSPS) is 13.1. The second-order valence-electron chi connectivity index (χ2n) is 4.55. The minimum absolute atomic E-state index is 0.000842. The largest absolute Gasteiger partial charge is 0.398 e. The van der Waals surface area contributed by atoms with Crippen molar-refractivity contribution in [1.29, 1.82) is 0 Å². The summed E-state index contributed by atoms with van der Waals surface area (Å²) in [5, 5.41) is 0.358. The van der Waals surface area contributed by atoms with E-state index in [1.54, 1.807) is 0 Å². The van der Waals surface area contributed by atoms with Crippen LogP contribution in [0, 0.1) is 0 Å². The van der Waals surface area contributed by atoms with Gasteiger partial charge in [0.2, 0.25) is 0 Å². The molecule has 3 rings (SSSR count). The van der Waals surface area contributed by atoms with E-state index in [-0.39, 0.29) is 48.7 Å². The number of anilines is 2. The summed E-state index contributed by atoms with van der Waals surface area (Å²) in [7, 11) is 0. The summed E-state index contributed by atoms with van der Waals surface area (Å²) in [5.74, 6) is -1.01. The molecule has 2 aromatic rings. The van der Waals surface area contributed by atoms with Gasteiger partial charge in [-0.1, -0.05) is 34.8 Å². The summed E-state index contributed by atoms with van der Waals surface area (Å²) in [6.45, 7) is 0. The first-order chi connectivity index (χ1) is 9.84. The molecule has 1 aliphatic carbocycles. The molecule has 0 unspecified atom stereocenters. The number of rotatable bonds is 0. The van der Waals surface area contributed by atoms with Crippen molar-refractivity contribution in [2.45, 2.75) is 0 Å². The third-order valence-corrected chi connectivity index (χ3v) is 4.30. The molecule has 4 N–H and O–H groups in total. The predicted octanol–water partition coefficient (Wildman–Crippen LogP) is 3.59. The van der Waals surface area contributed by atoms with Crippen LogP contribution in [-0.2, 0) is 0 Å². The van der Waals surface area contributed by atoms with Gasteiger partial charge in [-0.3, -0.25) is 9.59 Å². The van der Waals surface area contributed by atoms with Crippen LogP contribution in [0.2, 0.25) is 15.1 Å². The highest BCUT2D eigenvalue weighted by Crippen LogP contribution is 2.41. The molecule has 106 valence electrons. The van der Waals surface area contributed by atoms with E-state index in [4.69, 9.17) is 46.3 Å². The van der Waals surface area contributed by atoms with Crippen LogP contribution in [0.4, 0.5) is 11.4 Å². The molecule has 0 heterocycles. The molecule has 0 aromatic heterocycles. The highest BCUT2D eigenvalue weighted by atomic mass is 35.5. The van der Waals surface area contributed by atoms with Gasteiger partial charge in [0.15, 0.2) is 11.6 Å². The zero-order chi connectivity index (χ0) is 15.5. The van der Waals surface area contributed by atoms with Gasteiger partial charge < -0.3 is 11.5 Å². The SMILES string of the molecule is Nc1cc(Cl)c(N)c2c1C(=O)c1c(Cl)ccc(Cl)c1C2=O. The van der Waals surface area contributed by atoms with E-state index in [1.807, 2.05) is 0 Å². The lowest BCUT2D eigenvalue weighted by Gasteiger charge is -2.22. The molecule has 0 fully saturated rings. The zero-order valence-electron chi connectivity index (χ0n) is 10.3. The predicted molar refractivity (Wildman–Crippen MR) is 83.6 cm³/mol. The van der Waals surface area contributed by atoms with Crippen LogP contribution in [-0.4, -0.2) is 11.6 Å². The molecule has 0 bridgehead atoms. The van der Waals surface area contributed by atoms with Crippen LogP contribution < -0.4 is 11.5 Å². The molecule has 0 amide bonds. The van der Waals surface area contributed by atoms with Gasteiger partial charge in [0.1, 0.15) is 0 Å². The molecule has 0 spiro atoms. The molecule has 1 aliphatic rings. The van der Waals surface area contributed by atoms with E-state index >= 15 is 0 Å². The van der Waals surface area contributed by atoms with Gasteiger partial charge in [-0.25, -0.2) is 0 Å². The summed E-state index contributed by atoms with van der Waals surface area (Å²) in [5.41, 5.74) is 11.8. The quantitative estimate of drug-likeness (QED) is 0.612. The number of fused-ring (bicyclic) bond motifs is 2. The molecule has 21 heavy (non-hydrogen) atoms. The minimum Gasteiger partial charge on any atom is -0.398 e. The first-order valence-electron chi connectivity index (χ1n) is 5.79. The number of halogens is 3. The van der Waals surface area contributed by atoms with E-state index < -0.39 is 11.6 Å². The molecular weight excluding hydrogens is 335 g/mol. The van der Waals surface area contributed by atoms with Crippen molar-refractivity contribution >= 4 is 57.7 Å². The Hall–Kier alpha value is -1.75. The van der Waals surface area contributed by atoms with Crippen molar-refractivity contribution in [3.05, 3.63) is 55.5 Å². The first kappa shape index (κ1) is 14.2. The van der Waals surface area contributed by atoms with Crippen molar-refractivity contribution in [1.82, 2.24) is 0 Å². The van der Waals surface area contributed by atoms with Crippen LogP contribution in [0.5, 0.6) is 0 Å². The number of hydrogen-bond donors (Lipinski definition) is 2. The van der Waals surface area contributed by atoms with Crippen molar-refractivity contribution < 1.29 is 9.59 Å². The number of carbonyl (C=O) groups is 2. The molecule has 0 radical (unpaired) electrons. The van der Waals surface area contributed by atoms with Crippen LogP contribution >= 0.6 is 34.8 Å². The van der Waals surface area contributed by atoms with E-state index in [0.29, 0.717) is 0 Å². The summed E-state index contributed by atoms with van der Waals surface area (Å²) in [6, 6.07) is 4.24. The van der Waals surface area contributed by atoms with E-state index in [1.165, 1.54) is 18.2 Å². The number of nitrogens with two attached hydrogens (primary N) is 2. The van der Waals surface area contributed by atoms with Gasteiger partial charge in [0.25, 0.3) is 0 Å². The highest BCUT2D eigenvalue weighted by Gasteiger charge is 2.37. The third kappa shape index (κ3) is 1.83. The maximum absolute atomic E-state index is 12.7. The lowest BCUT2D eigenvalue weighted by Crippen LogP contribution is -2.24. The molecule has 0 aliphatic heterocycles. The Morgan fingerprint density at radius 3 is 1.71 bits per heavy atom. The second-order valence-corrected chi connectivity index (χ2v) is 5.77. The molecule has 0 atom stereocenters. The Labute approximate surface area is 134 Å². The van der Waals surface area contributed by atoms with Gasteiger partial charge in [-0.15, -0.1) is 0 Å². The van der Waals surface area contributed by atoms with Gasteiger partial charge in [-0.05, 0) is 18.2 Å². The Balaban J connectivity index is 2.47.